The number of aromatic nitrogens is 1. The lowest BCUT2D eigenvalue weighted by Gasteiger charge is -2.31. The fourth-order valence-corrected chi connectivity index (χ4v) is 2.90. The van der Waals surface area contributed by atoms with Gasteiger partial charge in [-0.1, -0.05) is 24.1 Å². The van der Waals surface area contributed by atoms with Gasteiger partial charge in [-0.3, -0.25) is 4.90 Å². The number of hydrogen-bond acceptors (Lipinski definition) is 4. The number of oxazole rings is 1. The minimum atomic E-state index is 0.00469. The fraction of sp³-hybridized carbons (Fsp3) is 0.375. The SMILES string of the molecule is O=CC1CCCCN1Cc1coc(-c2cccc(Cl)c2)n1. The van der Waals surface area contributed by atoms with Gasteiger partial charge in [-0.15, -0.1) is 0 Å². The van der Waals surface area contributed by atoms with E-state index in [1.165, 1.54) is 0 Å². The van der Waals surface area contributed by atoms with E-state index in [0.717, 1.165) is 43.4 Å². The zero-order valence-corrected chi connectivity index (χ0v) is 12.4. The van der Waals surface area contributed by atoms with Crippen LogP contribution in [0.2, 0.25) is 5.02 Å². The number of hydrogen-bond donors (Lipinski definition) is 0. The van der Waals surface area contributed by atoms with Gasteiger partial charge in [0.15, 0.2) is 0 Å². The molecular weight excluding hydrogens is 288 g/mol. The molecule has 2 aromatic rings. The first-order valence-corrected chi connectivity index (χ1v) is 7.54. The van der Waals surface area contributed by atoms with Crippen LogP contribution >= 0.6 is 11.6 Å². The van der Waals surface area contributed by atoms with Gasteiger partial charge in [0.25, 0.3) is 0 Å². The average molecular weight is 305 g/mol. The number of nitrogens with zero attached hydrogens (tertiary/aromatic N) is 2. The number of rotatable bonds is 4. The first-order valence-electron chi connectivity index (χ1n) is 7.16. The van der Waals surface area contributed by atoms with Crippen LogP contribution in [-0.2, 0) is 11.3 Å². The molecular formula is C16H17ClN2O2. The van der Waals surface area contributed by atoms with Crippen LogP contribution in [0, 0.1) is 0 Å². The van der Waals surface area contributed by atoms with E-state index in [-0.39, 0.29) is 6.04 Å². The standard InChI is InChI=1S/C16H17ClN2O2/c17-13-5-3-4-12(8-13)16-18-14(11-21-16)9-19-7-2-1-6-15(19)10-20/h3-5,8,10-11,15H,1-2,6-7,9H2. The third kappa shape index (κ3) is 3.34. The van der Waals surface area contributed by atoms with E-state index in [0.29, 0.717) is 17.5 Å². The van der Waals surface area contributed by atoms with Crippen molar-refractivity contribution in [2.24, 2.45) is 0 Å². The highest BCUT2D eigenvalue weighted by molar-refractivity contribution is 6.30. The molecule has 1 unspecified atom stereocenters. The smallest absolute Gasteiger partial charge is 0.226 e. The van der Waals surface area contributed by atoms with Gasteiger partial charge in [-0.05, 0) is 37.6 Å². The van der Waals surface area contributed by atoms with Gasteiger partial charge >= 0.3 is 0 Å². The van der Waals surface area contributed by atoms with Crippen molar-refractivity contribution in [3.63, 3.8) is 0 Å². The third-order valence-electron chi connectivity index (χ3n) is 3.81. The quantitative estimate of drug-likeness (QED) is 0.810. The Morgan fingerprint density at radius 2 is 2.33 bits per heavy atom. The van der Waals surface area contributed by atoms with E-state index in [1.54, 1.807) is 6.26 Å². The van der Waals surface area contributed by atoms with E-state index in [2.05, 4.69) is 9.88 Å². The lowest BCUT2D eigenvalue weighted by Crippen LogP contribution is -2.39. The summed E-state index contributed by atoms with van der Waals surface area (Å²) in [6, 6.07) is 7.43. The van der Waals surface area contributed by atoms with Crippen LogP contribution in [-0.4, -0.2) is 28.8 Å². The third-order valence-corrected chi connectivity index (χ3v) is 4.04. The van der Waals surface area contributed by atoms with Gasteiger partial charge in [0, 0.05) is 17.1 Å². The molecule has 0 spiro atoms. The number of aldehydes is 1. The molecule has 0 aliphatic carbocycles. The maximum Gasteiger partial charge on any atom is 0.226 e. The van der Waals surface area contributed by atoms with Crippen LogP contribution in [0.5, 0.6) is 0 Å². The molecule has 2 heterocycles. The summed E-state index contributed by atoms with van der Waals surface area (Å²) < 4.78 is 5.53. The lowest BCUT2D eigenvalue weighted by molar-refractivity contribution is -0.113. The highest BCUT2D eigenvalue weighted by atomic mass is 35.5. The van der Waals surface area contributed by atoms with Crippen molar-refractivity contribution in [1.82, 2.24) is 9.88 Å². The molecule has 110 valence electrons. The zero-order valence-electron chi connectivity index (χ0n) is 11.7. The molecule has 1 aromatic heterocycles. The van der Waals surface area contributed by atoms with Gasteiger partial charge < -0.3 is 9.21 Å². The van der Waals surface area contributed by atoms with Crippen molar-refractivity contribution < 1.29 is 9.21 Å². The summed E-state index contributed by atoms with van der Waals surface area (Å²) in [4.78, 5) is 17.8. The zero-order chi connectivity index (χ0) is 14.7. The molecule has 0 radical (unpaired) electrons. The largest absolute Gasteiger partial charge is 0.444 e. The maximum absolute atomic E-state index is 11.1. The molecule has 4 nitrogen and oxygen atoms in total. The highest BCUT2D eigenvalue weighted by Gasteiger charge is 2.22. The average Bonchev–Trinajstić information content (AvgIpc) is 2.96. The van der Waals surface area contributed by atoms with Crippen LogP contribution in [0.15, 0.2) is 34.9 Å². The minimum Gasteiger partial charge on any atom is -0.444 e. The summed E-state index contributed by atoms with van der Waals surface area (Å²) in [7, 11) is 0. The molecule has 0 bridgehead atoms. The minimum absolute atomic E-state index is 0.00469. The van der Waals surface area contributed by atoms with Crippen molar-refractivity contribution in [1.29, 1.82) is 0 Å². The Morgan fingerprint density at radius 1 is 1.43 bits per heavy atom. The van der Waals surface area contributed by atoms with Crippen molar-refractivity contribution in [3.05, 3.63) is 41.2 Å². The molecule has 1 aliphatic rings. The normalized spacial score (nSPS) is 19.6. The number of likely N-dealkylation sites (tertiary alicyclic amines) is 1. The predicted molar refractivity (Wildman–Crippen MR) is 81.1 cm³/mol. The Labute approximate surface area is 128 Å². The van der Waals surface area contributed by atoms with E-state index < -0.39 is 0 Å². The van der Waals surface area contributed by atoms with E-state index in [9.17, 15) is 4.79 Å². The van der Waals surface area contributed by atoms with E-state index >= 15 is 0 Å². The fourth-order valence-electron chi connectivity index (χ4n) is 2.71. The van der Waals surface area contributed by atoms with E-state index in [4.69, 9.17) is 16.0 Å². The van der Waals surface area contributed by atoms with Gasteiger partial charge in [-0.2, -0.15) is 0 Å². The van der Waals surface area contributed by atoms with Crippen molar-refractivity contribution in [2.75, 3.05) is 6.54 Å². The topological polar surface area (TPSA) is 46.3 Å². The Hall–Kier alpha value is -1.65. The Bertz CT molecular complexity index is 626. The van der Waals surface area contributed by atoms with Crippen LogP contribution in [0.25, 0.3) is 11.5 Å². The van der Waals surface area contributed by atoms with Crippen molar-refractivity contribution in [2.45, 2.75) is 31.8 Å². The molecule has 1 saturated heterocycles. The number of halogens is 1. The second-order valence-electron chi connectivity index (χ2n) is 5.32. The highest BCUT2D eigenvalue weighted by Crippen LogP contribution is 2.23. The molecule has 5 heteroatoms. The van der Waals surface area contributed by atoms with Crippen molar-refractivity contribution in [3.8, 4) is 11.5 Å². The Kier molecular flexibility index (Phi) is 4.36. The van der Waals surface area contributed by atoms with E-state index in [1.807, 2.05) is 24.3 Å². The molecule has 0 N–H and O–H groups in total. The second-order valence-corrected chi connectivity index (χ2v) is 5.76. The Balaban J connectivity index is 1.74. The summed E-state index contributed by atoms with van der Waals surface area (Å²) >= 11 is 5.98. The van der Waals surface area contributed by atoms with Crippen LogP contribution in [0.4, 0.5) is 0 Å². The van der Waals surface area contributed by atoms with Crippen LogP contribution in [0.3, 0.4) is 0 Å². The summed E-state index contributed by atoms with van der Waals surface area (Å²) in [5.74, 6) is 0.562. The van der Waals surface area contributed by atoms with Gasteiger partial charge in [0.1, 0.15) is 12.5 Å². The number of carbonyl (C=O) groups excluding carboxylic acids is 1. The Morgan fingerprint density at radius 3 is 3.14 bits per heavy atom. The summed E-state index contributed by atoms with van der Waals surface area (Å²) in [6.07, 6.45) is 5.88. The number of benzene rings is 1. The number of piperidine rings is 1. The summed E-state index contributed by atoms with van der Waals surface area (Å²) in [5.41, 5.74) is 1.71. The molecule has 1 atom stereocenters. The van der Waals surface area contributed by atoms with Crippen molar-refractivity contribution >= 4 is 17.9 Å². The summed E-state index contributed by atoms with van der Waals surface area (Å²) in [5, 5.41) is 0.657. The number of carbonyl (C=O) groups is 1. The maximum atomic E-state index is 11.1. The molecule has 21 heavy (non-hydrogen) atoms. The first kappa shape index (κ1) is 14.3. The molecule has 1 aliphatic heterocycles. The monoisotopic (exact) mass is 304 g/mol. The molecule has 0 amide bonds. The van der Waals surface area contributed by atoms with Crippen LogP contribution < -0.4 is 0 Å². The molecule has 0 saturated carbocycles. The second kappa shape index (κ2) is 6.41. The van der Waals surface area contributed by atoms with Gasteiger partial charge in [0.2, 0.25) is 5.89 Å². The molecule has 3 rings (SSSR count). The van der Waals surface area contributed by atoms with Gasteiger partial charge in [-0.25, -0.2) is 4.98 Å². The van der Waals surface area contributed by atoms with Crippen LogP contribution in [0.1, 0.15) is 25.0 Å². The molecule has 1 aromatic carbocycles. The summed E-state index contributed by atoms with van der Waals surface area (Å²) in [6.45, 7) is 1.58. The molecule has 1 fully saturated rings. The van der Waals surface area contributed by atoms with Gasteiger partial charge in [0.05, 0.1) is 11.7 Å². The lowest BCUT2D eigenvalue weighted by atomic mass is 10.0. The predicted octanol–water partition coefficient (Wildman–Crippen LogP) is 3.55. The first-order chi connectivity index (χ1) is 10.3.